The molecule has 1 saturated heterocycles. The van der Waals surface area contributed by atoms with Gasteiger partial charge in [0.2, 0.25) is 5.91 Å². The maximum Gasteiger partial charge on any atom is 0.219 e. The van der Waals surface area contributed by atoms with Crippen molar-refractivity contribution in [1.82, 2.24) is 15.5 Å². The van der Waals surface area contributed by atoms with Gasteiger partial charge >= 0.3 is 0 Å². The highest BCUT2D eigenvalue weighted by Crippen LogP contribution is 2.10. The third-order valence-electron chi connectivity index (χ3n) is 3.51. The Morgan fingerprint density at radius 3 is 2.80 bits per heavy atom. The van der Waals surface area contributed by atoms with E-state index in [4.69, 9.17) is 0 Å². The molecule has 0 aliphatic carbocycles. The number of hydrogen-bond donors (Lipinski definition) is 2. The summed E-state index contributed by atoms with van der Waals surface area (Å²) in [5.41, 5.74) is 0. The number of nitrogens with zero attached hydrogens (tertiary/aromatic N) is 2. The topological polar surface area (TPSA) is 56.7 Å². The molecule has 110 valence electrons. The Bertz CT molecular complexity index is 450. The fourth-order valence-corrected chi connectivity index (χ4v) is 2.96. The van der Waals surface area contributed by atoms with E-state index in [9.17, 15) is 4.79 Å². The number of aliphatic imine (C=N–C) groups is 1. The van der Waals surface area contributed by atoms with Crippen LogP contribution in [0.25, 0.3) is 0 Å². The van der Waals surface area contributed by atoms with Gasteiger partial charge in [0.25, 0.3) is 0 Å². The molecule has 20 heavy (non-hydrogen) atoms. The molecular weight excluding hydrogens is 272 g/mol. The molecule has 2 heterocycles. The van der Waals surface area contributed by atoms with Crippen molar-refractivity contribution in [2.75, 3.05) is 20.1 Å². The zero-order chi connectivity index (χ0) is 14.4. The molecule has 0 spiro atoms. The molecule has 1 aliphatic rings. The molecule has 0 bridgehead atoms. The molecule has 1 fully saturated rings. The number of guanidine groups is 1. The highest BCUT2D eigenvalue weighted by Gasteiger charge is 2.21. The van der Waals surface area contributed by atoms with E-state index in [1.807, 2.05) is 4.90 Å². The first-order valence-electron chi connectivity index (χ1n) is 6.94. The van der Waals surface area contributed by atoms with Crippen molar-refractivity contribution >= 4 is 23.2 Å². The van der Waals surface area contributed by atoms with Crippen LogP contribution in [-0.2, 0) is 11.3 Å². The molecule has 2 N–H and O–H groups in total. The number of nitrogens with one attached hydrogen (secondary N) is 2. The van der Waals surface area contributed by atoms with Gasteiger partial charge in [0.15, 0.2) is 5.96 Å². The van der Waals surface area contributed by atoms with Gasteiger partial charge in [-0.2, -0.15) is 0 Å². The van der Waals surface area contributed by atoms with Crippen molar-refractivity contribution in [1.29, 1.82) is 0 Å². The number of amides is 1. The summed E-state index contributed by atoms with van der Waals surface area (Å²) in [5.74, 6) is 1.00. The predicted molar refractivity (Wildman–Crippen MR) is 82.9 cm³/mol. The Labute approximate surface area is 124 Å². The lowest BCUT2D eigenvalue weighted by molar-refractivity contribution is -0.129. The van der Waals surface area contributed by atoms with Crippen LogP contribution in [0.4, 0.5) is 0 Å². The summed E-state index contributed by atoms with van der Waals surface area (Å²) < 4.78 is 0. The first-order chi connectivity index (χ1) is 9.69. The van der Waals surface area contributed by atoms with Gasteiger partial charge in [-0.1, -0.05) is 6.07 Å². The fourth-order valence-electron chi connectivity index (χ4n) is 2.31. The van der Waals surface area contributed by atoms with Crippen molar-refractivity contribution in [3.05, 3.63) is 22.4 Å². The van der Waals surface area contributed by atoms with Gasteiger partial charge in [-0.05, 0) is 24.3 Å². The lowest BCUT2D eigenvalue weighted by Gasteiger charge is -2.32. The summed E-state index contributed by atoms with van der Waals surface area (Å²) in [6, 6.07) is 4.55. The van der Waals surface area contributed by atoms with E-state index < -0.39 is 0 Å². The number of carbonyl (C=O) groups is 1. The molecule has 1 aromatic heterocycles. The predicted octanol–water partition coefficient (Wildman–Crippen LogP) is 1.42. The average Bonchev–Trinajstić information content (AvgIpc) is 2.97. The normalized spacial score (nSPS) is 17.1. The average molecular weight is 294 g/mol. The molecule has 0 atom stereocenters. The van der Waals surface area contributed by atoms with Crippen LogP contribution in [0.2, 0.25) is 0 Å². The summed E-state index contributed by atoms with van der Waals surface area (Å²) >= 11 is 1.74. The second-order valence-electron chi connectivity index (χ2n) is 4.93. The van der Waals surface area contributed by atoms with E-state index in [0.717, 1.165) is 38.4 Å². The third-order valence-corrected chi connectivity index (χ3v) is 4.39. The molecule has 6 heteroatoms. The van der Waals surface area contributed by atoms with Crippen LogP contribution in [0.3, 0.4) is 0 Å². The van der Waals surface area contributed by atoms with Crippen molar-refractivity contribution < 1.29 is 4.79 Å². The van der Waals surface area contributed by atoms with E-state index >= 15 is 0 Å². The minimum atomic E-state index is 0.170. The molecule has 0 saturated carbocycles. The number of likely N-dealkylation sites (tertiary alicyclic amines) is 1. The van der Waals surface area contributed by atoms with E-state index in [2.05, 4.69) is 33.1 Å². The molecule has 1 aliphatic heterocycles. The van der Waals surface area contributed by atoms with Gasteiger partial charge in [-0.25, -0.2) is 0 Å². The minimum absolute atomic E-state index is 0.170. The number of piperidine rings is 1. The maximum absolute atomic E-state index is 11.3. The number of thiophene rings is 1. The third kappa shape index (κ3) is 4.23. The van der Waals surface area contributed by atoms with Crippen LogP contribution in [0.1, 0.15) is 24.6 Å². The van der Waals surface area contributed by atoms with E-state index in [0.29, 0.717) is 6.04 Å². The lowest BCUT2D eigenvalue weighted by atomic mass is 10.1. The van der Waals surface area contributed by atoms with Crippen molar-refractivity contribution in [3.8, 4) is 0 Å². The lowest BCUT2D eigenvalue weighted by Crippen LogP contribution is -2.49. The molecule has 1 amide bonds. The largest absolute Gasteiger partial charge is 0.354 e. The summed E-state index contributed by atoms with van der Waals surface area (Å²) in [4.78, 5) is 18.7. The van der Waals surface area contributed by atoms with Gasteiger partial charge in [-0.3, -0.25) is 9.79 Å². The zero-order valence-electron chi connectivity index (χ0n) is 12.1. The highest BCUT2D eigenvalue weighted by molar-refractivity contribution is 7.09. The Morgan fingerprint density at radius 2 is 2.25 bits per heavy atom. The van der Waals surface area contributed by atoms with Gasteiger partial charge < -0.3 is 15.5 Å². The van der Waals surface area contributed by atoms with Crippen LogP contribution >= 0.6 is 11.3 Å². The quantitative estimate of drug-likeness (QED) is 0.655. The molecule has 5 nitrogen and oxygen atoms in total. The Hall–Kier alpha value is -1.56. The molecule has 0 unspecified atom stereocenters. The number of carbonyl (C=O) groups excluding carboxylic acids is 1. The summed E-state index contributed by atoms with van der Waals surface area (Å²) in [6.45, 7) is 4.09. The molecule has 0 aromatic carbocycles. The van der Waals surface area contributed by atoms with Crippen molar-refractivity contribution in [2.45, 2.75) is 32.4 Å². The fraction of sp³-hybridized carbons (Fsp3) is 0.571. The van der Waals surface area contributed by atoms with Crippen LogP contribution in [0.15, 0.2) is 22.5 Å². The number of rotatable bonds is 3. The van der Waals surface area contributed by atoms with Gasteiger partial charge in [0.1, 0.15) is 0 Å². The SMILES string of the molecule is CN=C(NCc1cccs1)NC1CCN(C(C)=O)CC1. The van der Waals surface area contributed by atoms with Crippen LogP contribution in [0.5, 0.6) is 0 Å². The smallest absolute Gasteiger partial charge is 0.219 e. The maximum atomic E-state index is 11.3. The standard InChI is InChI=1S/C14H22N4OS/c1-11(19)18-7-5-12(6-8-18)17-14(15-2)16-10-13-4-3-9-20-13/h3-4,9,12H,5-8,10H2,1-2H3,(H2,15,16,17). The summed E-state index contributed by atoms with van der Waals surface area (Å²) in [7, 11) is 1.79. The van der Waals surface area contributed by atoms with Gasteiger partial charge in [0.05, 0.1) is 6.54 Å². The molecule has 2 rings (SSSR count). The summed E-state index contributed by atoms with van der Waals surface area (Å²) in [5, 5.41) is 8.83. The number of hydrogen-bond acceptors (Lipinski definition) is 3. The van der Waals surface area contributed by atoms with Crippen molar-refractivity contribution in [2.24, 2.45) is 4.99 Å². The molecular formula is C14H22N4OS. The van der Waals surface area contributed by atoms with E-state index in [1.54, 1.807) is 25.3 Å². The van der Waals surface area contributed by atoms with E-state index in [-0.39, 0.29) is 5.91 Å². The minimum Gasteiger partial charge on any atom is -0.354 e. The Balaban J connectivity index is 1.75. The second kappa shape index (κ2) is 7.28. The summed E-state index contributed by atoms with van der Waals surface area (Å²) in [6.07, 6.45) is 1.94. The van der Waals surface area contributed by atoms with E-state index in [1.165, 1.54) is 4.88 Å². The van der Waals surface area contributed by atoms with Crippen LogP contribution in [0, 0.1) is 0 Å². The Kier molecular flexibility index (Phi) is 5.40. The second-order valence-corrected chi connectivity index (χ2v) is 5.96. The monoisotopic (exact) mass is 294 g/mol. The molecule has 1 aromatic rings. The zero-order valence-corrected chi connectivity index (χ0v) is 12.9. The molecule has 0 radical (unpaired) electrons. The van der Waals surface area contributed by atoms with Crippen LogP contribution in [-0.4, -0.2) is 42.9 Å². The first kappa shape index (κ1) is 14.8. The van der Waals surface area contributed by atoms with Gasteiger partial charge in [0, 0.05) is 38.0 Å². The Morgan fingerprint density at radius 1 is 1.50 bits per heavy atom. The first-order valence-corrected chi connectivity index (χ1v) is 7.82. The van der Waals surface area contributed by atoms with Gasteiger partial charge in [-0.15, -0.1) is 11.3 Å². The van der Waals surface area contributed by atoms with Crippen LogP contribution < -0.4 is 10.6 Å². The highest BCUT2D eigenvalue weighted by atomic mass is 32.1. The van der Waals surface area contributed by atoms with Crippen molar-refractivity contribution in [3.63, 3.8) is 0 Å².